The molecule has 1 amide bonds. The molecule has 4 N–H and O–H groups in total. The third-order valence-corrected chi connectivity index (χ3v) is 6.09. The van der Waals surface area contributed by atoms with Gasteiger partial charge in [0, 0.05) is 26.3 Å². The molecule has 0 radical (unpaired) electrons. The maximum Gasteiger partial charge on any atom is 0.405 e. The summed E-state index contributed by atoms with van der Waals surface area (Å²) >= 11 is 0. The lowest BCUT2D eigenvalue weighted by Crippen LogP contribution is -2.14. The molecule has 0 unspecified atom stereocenters. The van der Waals surface area contributed by atoms with Crippen molar-refractivity contribution in [2.45, 2.75) is 6.54 Å². The lowest BCUT2D eigenvalue weighted by molar-refractivity contribution is 0.102. The van der Waals surface area contributed by atoms with Crippen LogP contribution in [0.1, 0.15) is 15.9 Å². The van der Waals surface area contributed by atoms with E-state index in [1.807, 2.05) is 42.5 Å². The molecule has 0 aliphatic carbocycles. The molecule has 0 fully saturated rings. The normalized spacial score (nSPS) is 11.3. The van der Waals surface area contributed by atoms with Gasteiger partial charge in [0.25, 0.3) is 5.91 Å². The van der Waals surface area contributed by atoms with Crippen molar-refractivity contribution in [3.8, 4) is 11.1 Å². The number of carbonyl (C=O) groups is 1. The standard InChI is InChI=1S/C22H24N3O4P/c1-28-30(27,29-2)24-15-16-8-10-18(11-9-16)22(26)25-21-14-19(12-13-20(21)23)17-6-4-3-5-7-17/h3-14H,15,23H2,1-2H3,(H,24,27)(H,25,26). The summed E-state index contributed by atoms with van der Waals surface area (Å²) in [5.74, 6) is -0.272. The van der Waals surface area contributed by atoms with E-state index in [1.54, 1.807) is 30.3 Å². The highest BCUT2D eigenvalue weighted by Gasteiger charge is 2.19. The number of nitrogens with one attached hydrogen (secondary N) is 2. The van der Waals surface area contributed by atoms with Crippen LogP contribution in [-0.4, -0.2) is 20.1 Å². The summed E-state index contributed by atoms with van der Waals surface area (Å²) in [6.45, 7) is 0.271. The highest BCUT2D eigenvalue weighted by Crippen LogP contribution is 2.41. The van der Waals surface area contributed by atoms with Crippen LogP contribution in [0.5, 0.6) is 0 Å². The largest absolute Gasteiger partial charge is 0.405 e. The predicted octanol–water partition coefficient (Wildman–Crippen LogP) is 4.68. The van der Waals surface area contributed by atoms with Gasteiger partial charge >= 0.3 is 7.75 Å². The van der Waals surface area contributed by atoms with Crippen molar-refractivity contribution in [2.24, 2.45) is 0 Å². The Hall–Kier alpha value is -2.96. The number of amides is 1. The van der Waals surface area contributed by atoms with Crippen molar-refractivity contribution in [3.05, 3.63) is 83.9 Å². The first kappa shape index (κ1) is 21.7. The van der Waals surface area contributed by atoms with Gasteiger partial charge < -0.3 is 20.1 Å². The fourth-order valence-electron chi connectivity index (χ4n) is 2.83. The lowest BCUT2D eigenvalue weighted by Gasteiger charge is -2.14. The van der Waals surface area contributed by atoms with Crippen LogP contribution in [-0.2, 0) is 20.2 Å². The van der Waals surface area contributed by atoms with Crippen molar-refractivity contribution < 1.29 is 18.4 Å². The second kappa shape index (κ2) is 9.69. The topological polar surface area (TPSA) is 103 Å². The van der Waals surface area contributed by atoms with Gasteiger partial charge in [-0.05, 0) is 41.0 Å². The van der Waals surface area contributed by atoms with E-state index in [9.17, 15) is 9.36 Å². The molecule has 0 heterocycles. The van der Waals surface area contributed by atoms with Crippen LogP contribution in [0.3, 0.4) is 0 Å². The van der Waals surface area contributed by atoms with Crippen molar-refractivity contribution in [1.29, 1.82) is 0 Å². The molecule has 8 heteroatoms. The zero-order valence-corrected chi connectivity index (χ0v) is 17.7. The van der Waals surface area contributed by atoms with E-state index in [-0.39, 0.29) is 12.5 Å². The van der Waals surface area contributed by atoms with E-state index in [0.717, 1.165) is 16.7 Å². The van der Waals surface area contributed by atoms with Gasteiger partial charge in [-0.2, -0.15) is 0 Å². The minimum atomic E-state index is -3.30. The van der Waals surface area contributed by atoms with E-state index in [0.29, 0.717) is 16.9 Å². The van der Waals surface area contributed by atoms with Crippen LogP contribution >= 0.6 is 7.75 Å². The lowest BCUT2D eigenvalue weighted by atomic mass is 10.0. The minimum Gasteiger partial charge on any atom is -0.397 e. The zero-order chi connectivity index (χ0) is 21.6. The maximum absolute atomic E-state index is 12.7. The summed E-state index contributed by atoms with van der Waals surface area (Å²) in [7, 11) is -0.685. The first-order valence-electron chi connectivity index (χ1n) is 9.26. The minimum absolute atomic E-state index is 0.271. The van der Waals surface area contributed by atoms with Gasteiger partial charge in [0.15, 0.2) is 0 Å². The fourth-order valence-corrected chi connectivity index (χ4v) is 3.62. The van der Waals surface area contributed by atoms with Crippen LogP contribution in [0.4, 0.5) is 11.4 Å². The van der Waals surface area contributed by atoms with Gasteiger partial charge in [-0.3, -0.25) is 4.79 Å². The van der Waals surface area contributed by atoms with Gasteiger partial charge in [0.2, 0.25) is 0 Å². The number of hydrogen-bond donors (Lipinski definition) is 3. The highest BCUT2D eigenvalue weighted by atomic mass is 31.2. The Balaban J connectivity index is 1.70. The number of nitrogen functional groups attached to an aromatic ring is 1. The molecule has 0 aromatic heterocycles. The third-order valence-electron chi connectivity index (χ3n) is 4.58. The molecular weight excluding hydrogens is 401 g/mol. The molecule has 7 nitrogen and oxygen atoms in total. The monoisotopic (exact) mass is 425 g/mol. The van der Waals surface area contributed by atoms with Gasteiger partial charge in [0.05, 0.1) is 11.4 Å². The number of carbonyl (C=O) groups excluding carboxylic acids is 1. The second-order valence-electron chi connectivity index (χ2n) is 6.52. The number of nitrogens with two attached hydrogens (primary N) is 1. The molecular formula is C22H24N3O4P. The molecule has 156 valence electrons. The van der Waals surface area contributed by atoms with E-state index >= 15 is 0 Å². The Morgan fingerprint density at radius 3 is 2.23 bits per heavy atom. The Bertz CT molecular complexity index is 1050. The van der Waals surface area contributed by atoms with Crippen LogP contribution in [0.2, 0.25) is 0 Å². The summed E-state index contributed by atoms with van der Waals surface area (Å²) in [5.41, 5.74) is 10.4. The molecule has 3 aromatic carbocycles. The predicted molar refractivity (Wildman–Crippen MR) is 119 cm³/mol. The molecule has 0 atom stereocenters. The van der Waals surface area contributed by atoms with Crippen molar-refractivity contribution in [3.63, 3.8) is 0 Å². The van der Waals surface area contributed by atoms with Crippen molar-refractivity contribution >= 4 is 25.0 Å². The third kappa shape index (κ3) is 5.34. The van der Waals surface area contributed by atoms with Gasteiger partial charge in [-0.1, -0.05) is 48.5 Å². The number of hydrogen-bond acceptors (Lipinski definition) is 5. The number of rotatable bonds is 8. The summed E-state index contributed by atoms with van der Waals surface area (Å²) in [6.07, 6.45) is 0. The van der Waals surface area contributed by atoms with Crippen molar-refractivity contribution in [2.75, 3.05) is 25.3 Å². The molecule has 3 aromatic rings. The Morgan fingerprint density at radius 2 is 1.60 bits per heavy atom. The molecule has 0 saturated heterocycles. The molecule has 0 aliphatic heterocycles. The van der Waals surface area contributed by atoms with E-state index in [4.69, 9.17) is 14.8 Å². The molecule has 3 rings (SSSR count). The first-order valence-corrected chi connectivity index (χ1v) is 10.8. The molecule has 0 saturated carbocycles. The second-order valence-corrected chi connectivity index (χ2v) is 8.56. The van der Waals surface area contributed by atoms with Crippen LogP contribution < -0.4 is 16.1 Å². The molecule has 0 bridgehead atoms. The quantitative estimate of drug-likeness (QED) is 0.358. The number of anilines is 2. The first-order chi connectivity index (χ1) is 14.4. The Labute approximate surface area is 175 Å². The average Bonchev–Trinajstić information content (AvgIpc) is 2.79. The Morgan fingerprint density at radius 1 is 0.933 bits per heavy atom. The van der Waals surface area contributed by atoms with Gasteiger partial charge in [-0.25, -0.2) is 9.65 Å². The summed E-state index contributed by atoms with van der Waals surface area (Å²) < 4.78 is 21.7. The smallest absolute Gasteiger partial charge is 0.397 e. The Kier molecular flexibility index (Phi) is 7.03. The van der Waals surface area contributed by atoms with E-state index in [2.05, 4.69) is 10.4 Å². The zero-order valence-electron chi connectivity index (χ0n) is 16.8. The molecule has 0 spiro atoms. The SMILES string of the molecule is COP(=O)(NCc1ccc(C(=O)Nc2cc(-c3ccccc3)ccc2N)cc1)OC. The van der Waals surface area contributed by atoms with Gasteiger partial charge in [0.1, 0.15) is 0 Å². The molecule has 30 heavy (non-hydrogen) atoms. The van der Waals surface area contributed by atoms with E-state index < -0.39 is 7.75 Å². The summed E-state index contributed by atoms with van der Waals surface area (Å²) in [4.78, 5) is 12.7. The van der Waals surface area contributed by atoms with Crippen LogP contribution in [0, 0.1) is 0 Å². The summed E-state index contributed by atoms with van der Waals surface area (Å²) in [5, 5.41) is 5.59. The van der Waals surface area contributed by atoms with Crippen LogP contribution in [0.15, 0.2) is 72.8 Å². The van der Waals surface area contributed by atoms with E-state index in [1.165, 1.54) is 14.2 Å². The average molecular weight is 425 g/mol. The fraction of sp³-hybridized carbons (Fsp3) is 0.136. The van der Waals surface area contributed by atoms with Gasteiger partial charge in [-0.15, -0.1) is 0 Å². The van der Waals surface area contributed by atoms with Crippen molar-refractivity contribution in [1.82, 2.24) is 5.09 Å². The maximum atomic E-state index is 12.7. The highest BCUT2D eigenvalue weighted by molar-refractivity contribution is 7.51. The van der Waals surface area contributed by atoms with Crippen LogP contribution in [0.25, 0.3) is 11.1 Å². The summed E-state index contributed by atoms with van der Waals surface area (Å²) in [6, 6.07) is 22.3. The number of benzene rings is 3. The molecule has 0 aliphatic rings.